The molecule has 1 aromatic carbocycles. The van der Waals surface area contributed by atoms with E-state index in [-0.39, 0.29) is 31.0 Å². The first-order valence-electron chi connectivity index (χ1n) is 6.15. The van der Waals surface area contributed by atoms with Crippen LogP contribution in [-0.4, -0.2) is 31.0 Å². The van der Waals surface area contributed by atoms with Crippen LogP contribution < -0.4 is 15.0 Å². The summed E-state index contributed by atoms with van der Waals surface area (Å²) >= 11 is 5.88. The number of hydrogen-bond donors (Lipinski definition) is 1. The van der Waals surface area contributed by atoms with Gasteiger partial charge in [0.1, 0.15) is 12.3 Å². The Morgan fingerprint density at radius 1 is 1.47 bits per heavy atom. The quantitative estimate of drug-likeness (QED) is 0.909. The summed E-state index contributed by atoms with van der Waals surface area (Å²) in [6.45, 7) is -0.0443. The Balaban J connectivity index is 1.79. The molecule has 0 aromatic heterocycles. The van der Waals surface area contributed by atoms with Crippen LogP contribution in [0.15, 0.2) is 18.2 Å². The van der Waals surface area contributed by atoms with Gasteiger partial charge in [-0.05, 0) is 25.0 Å². The number of amides is 2. The average molecular weight is 281 g/mol. The smallest absolute Gasteiger partial charge is 0.265 e. The maximum Gasteiger partial charge on any atom is 0.265 e. The molecule has 0 atom stereocenters. The molecule has 0 unspecified atom stereocenters. The average Bonchev–Trinajstić information content (AvgIpc) is 3.16. The molecule has 1 N–H and O–H groups in total. The van der Waals surface area contributed by atoms with Gasteiger partial charge >= 0.3 is 0 Å². The predicted molar refractivity (Wildman–Crippen MR) is 70.5 cm³/mol. The normalized spacial score (nSPS) is 17.7. The van der Waals surface area contributed by atoms with Crippen LogP contribution in [0.2, 0.25) is 5.02 Å². The molecule has 0 spiro atoms. The molecule has 1 fully saturated rings. The van der Waals surface area contributed by atoms with Crippen molar-refractivity contribution in [1.29, 1.82) is 0 Å². The van der Waals surface area contributed by atoms with Gasteiger partial charge in [0, 0.05) is 17.1 Å². The second-order valence-electron chi connectivity index (χ2n) is 4.72. The lowest BCUT2D eigenvalue weighted by molar-refractivity contribution is -0.125. The lowest BCUT2D eigenvalue weighted by Crippen LogP contribution is -2.45. The molecule has 1 aliphatic carbocycles. The van der Waals surface area contributed by atoms with Crippen molar-refractivity contribution in [2.45, 2.75) is 18.9 Å². The number of ether oxygens (including phenoxy) is 1. The third-order valence-corrected chi connectivity index (χ3v) is 3.34. The number of carbonyl (C=O) groups excluding carboxylic acids is 2. The van der Waals surface area contributed by atoms with E-state index in [0.29, 0.717) is 16.5 Å². The Labute approximate surface area is 115 Å². The van der Waals surface area contributed by atoms with Crippen LogP contribution in [0.3, 0.4) is 0 Å². The molecule has 0 saturated heterocycles. The van der Waals surface area contributed by atoms with Gasteiger partial charge in [-0.1, -0.05) is 11.6 Å². The minimum atomic E-state index is -0.222. The molecule has 2 amide bonds. The molecule has 2 aliphatic rings. The second-order valence-corrected chi connectivity index (χ2v) is 5.16. The lowest BCUT2D eigenvalue weighted by Gasteiger charge is -2.28. The van der Waals surface area contributed by atoms with Gasteiger partial charge in [0.25, 0.3) is 5.91 Å². The van der Waals surface area contributed by atoms with Crippen molar-refractivity contribution in [2.75, 3.05) is 18.1 Å². The van der Waals surface area contributed by atoms with Crippen molar-refractivity contribution in [3.8, 4) is 5.75 Å². The Morgan fingerprint density at radius 2 is 2.26 bits per heavy atom. The van der Waals surface area contributed by atoms with E-state index in [1.807, 2.05) is 0 Å². The van der Waals surface area contributed by atoms with E-state index in [1.54, 1.807) is 18.2 Å². The molecule has 100 valence electrons. The third-order valence-electron chi connectivity index (χ3n) is 3.11. The van der Waals surface area contributed by atoms with Crippen molar-refractivity contribution in [2.24, 2.45) is 0 Å². The minimum Gasteiger partial charge on any atom is -0.482 e. The van der Waals surface area contributed by atoms with Crippen LogP contribution in [0.1, 0.15) is 12.8 Å². The van der Waals surface area contributed by atoms with Gasteiger partial charge in [-0.2, -0.15) is 0 Å². The molecule has 1 heterocycles. The van der Waals surface area contributed by atoms with Gasteiger partial charge in [0.05, 0.1) is 5.69 Å². The highest BCUT2D eigenvalue weighted by molar-refractivity contribution is 6.30. The predicted octanol–water partition coefficient (Wildman–Crippen LogP) is 1.34. The molecule has 1 aromatic rings. The van der Waals surface area contributed by atoms with Gasteiger partial charge in [-0.3, -0.25) is 14.5 Å². The zero-order valence-corrected chi connectivity index (χ0v) is 10.9. The minimum absolute atomic E-state index is 0.0212. The zero-order valence-electron chi connectivity index (χ0n) is 10.2. The Kier molecular flexibility index (Phi) is 3.06. The van der Waals surface area contributed by atoms with E-state index >= 15 is 0 Å². The molecule has 0 bridgehead atoms. The first-order valence-corrected chi connectivity index (χ1v) is 6.53. The van der Waals surface area contributed by atoms with Gasteiger partial charge < -0.3 is 10.1 Å². The summed E-state index contributed by atoms with van der Waals surface area (Å²) in [7, 11) is 0. The zero-order chi connectivity index (χ0) is 13.4. The van der Waals surface area contributed by atoms with Crippen LogP contribution >= 0.6 is 11.6 Å². The van der Waals surface area contributed by atoms with Gasteiger partial charge in [0.15, 0.2) is 6.61 Å². The van der Waals surface area contributed by atoms with Crippen LogP contribution in [-0.2, 0) is 9.59 Å². The maximum atomic E-state index is 11.9. The maximum absolute atomic E-state index is 11.9. The summed E-state index contributed by atoms with van der Waals surface area (Å²) in [5.41, 5.74) is 0.589. The molecule has 6 heteroatoms. The summed E-state index contributed by atoms with van der Waals surface area (Å²) in [4.78, 5) is 25.1. The number of carbonyl (C=O) groups is 2. The number of hydrogen-bond acceptors (Lipinski definition) is 3. The summed E-state index contributed by atoms with van der Waals surface area (Å²) in [6, 6.07) is 5.30. The van der Waals surface area contributed by atoms with Gasteiger partial charge in [-0.25, -0.2) is 0 Å². The fraction of sp³-hybridized carbons (Fsp3) is 0.385. The van der Waals surface area contributed by atoms with E-state index in [0.717, 1.165) is 12.8 Å². The number of nitrogens with zero attached hydrogens (tertiary/aromatic N) is 1. The topological polar surface area (TPSA) is 58.6 Å². The van der Waals surface area contributed by atoms with Gasteiger partial charge in [-0.15, -0.1) is 0 Å². The highest BCUT2D eigenvalue weighted by Gasteiger charge is 2.29. The molecular weight excluding hydrogens is 268 g/mol. The molecule has 3 rings (SSSR count). The summed E-state index contributed by atoms with van der Waals surface area (Å²) in [5, 5.41) is 3.40. The number of benzene rings is 1. The monoisotopic (exact) mass is 280 g/mol. The van der Waals surface area contributed by atoms with E-state index in [2.05, 4.69) is 5.32 Å². The molecule has 1 aliphatic heterocycles. The Bertz CT molecular complexity index is 543. The summed E-state index contributed by atoms with van der Waals surface area (Å²) < 4.78 is 5.31. The van der Waals surface area contributed by atoms with Crippen molar-refractivity contribution >= 4 is 29.1 Å². The van der Waals surface area contributed by atoms with Crippen LogP contribution in [0.4, 0.5) is 5.69 Å². The van der Waals surface area contributed by atoms with Crippen molar-refractivity contribution < 1.29 is 14.3 Å². The summed E-state index contributed by atoms with van der Waals surface area (Å²) in [6.07, 6.45) is 2.05. The van der Waals surface area contributed by atoms with Crippen LogP contribution in [0.5, 0.6) is 5.75 Å². The molecule has 1 saturated carbocycles. The highest BCUT2D eigenvalue weighted by Crippen LogP contribution is 2.34. The highest BCUT2D eigenvalue weighted by atomic mass is 35.5. The third kappa shape index (κ3) is 2.66. The van der Waals surface area contributed by atoms with Crippen molar-refractivity contribution in [3.05, 3.63) is 23.2 Å². The number of halogens is 1. The standard InChI is InChI=1S/C13H13ClN2O3/c14-8-1-4-10-11(5-8)19-7-13(18)16(10)6-12(17)15-9-2-3-9/h1,4-5,9H,2-3,6-7H2,(H,15,17). The Hall–Kier alpha value is -1.75. The Morgan fingerprint density at radius 3 is 3.00 bits per heavy atom. The fourth-order valence-corrected chi connectivity index (χ4v) is 2.16. The molecule has 5 nitrogen and oxygen atoms in total. The van der Waals surface area contributed by atoms with E-state index in [1.165, 1.54) is 4.90 Å². The van der Waals surface area contributed by atoms with Crippen molar-refractivity contribution in [3.63, 3.8) is 0 Å². The van der Waals surface area contributed by atoms with Crippen LogP contribution in [0.25, 0.3) is 0 Å². The number of nitrogens with one attached hydrogen (secondary N) is 1. The number of rotatable bonds is 3. The summed E-state index contributed by atoms with van der Waals surface area (Å²) in [5.74, 6) is 0.172. The second kappa shape index (κ2) is 4.74. The fourth-order valence-electron chi connectivity index (χ4n) is 2.00. The first kappa shape index (κ1) is 12.3. The lowest BCUT2D eigenvalue weighted by atomic mass is 10.2. The number of fused-ring (bicyclic) bond motifs is 1. The first-order chi connectivity index (χ1) is 9.13. The van der Waals surface area contributed by atoms with Gasteiger partial charge in [0.2, 0.25) is 5.91 Å². The van der Waals surface area contributed by atoms with Crippen LogP contribution in [0, 0.1) is 0 Å². The SMILES string of the molecule is O=C(CN1C(=O)COc2cc(Cl)ccc21)NC1CC1. The molecular formula is C13H13ClN2O3. The largest absolute Gasteiger partial charge is 0.482 e. The molecule has 0 radical (unpaired) electrons. The van der Waals surface area contributed by atoms with Crippen molar-refractivity contribution in [1.82, 2.24) is 5.32 Å². The molecule has 19 heavy (non-hydrogen) atoms. The number of anilines is 1. The van der Waals surface area contributed by atoms with E-state index in [4.69, 9.17) is 16.3 Å². The van der Waals surface area contributed by atoms with E-state index < -0.39 is 0 Å². The van der Waals surface area contributed by atoms with E-state index in [9.17, 15) is 9.59 Å².